The van der Waals surface area contributed by atoms with Crippen LogP contribution >= 0.6 is 0 Å². The average molecular weight is 437 g/mol. The molecule has 7 nitrogen and oxygen atoms in total. The van der Waals surface area contributed by atoms with Crippen LogP contribution in [0.3, 0.4) is 0 Å². The van der Waals surface area contributed by atoms with Crippen molar-refractivity contribution >= 4 is 18.0 Å². The minimum absolute atomic E-state index is 0.0581. The lowest BCUT2D eigenvalue weighted by molar-refractivity contribution is -0.131. The van der Waals surface area contributed by atoms with Crippen molar-refractivity contribution in [1.82, 2.24) is 10.6 Å². The van der Waals surface area contributed by atoms with E-state index in [1.165, 1.54) is 6.08 Å². The third-order valence-electron chi connectivity index (χ3n) is 5.45. The zero-order chi connectivity index (χ0) is 22.9. The number of rotatable bonds is 10. The molecule has 2 aromatic rings. The van der Waals surface area contributed by atoms with Gasteiger partial charge in [0, 0.05) is 18.5 Å². The summed E-state index contributed by atoms with van der Waals surface area (Å²) in [5.41, 5.74) is 4.53. The van der Waals surface area contributed by atoms with Crippen LogP contribution in [-0.4, -0.2) is 42.3 Å². The first kappa shape index (κ1) is 23.1. The molecular weight excluding hydrogens is 408 g/mol. The molecule has 0 fully saturated rings. The first-order valence-electron chi connectivity index (χ1n) is 10.8. The largest absolute Gasteiger partial charge is 0.478 e. The lowest BCUT2D eigenvalue weighted by atomic mass is 9.98. The number of carboxylic acids is 1. The molecular formula is C25H28N2O5. The predicted molar refractivity (Wildman–Crippen MR) is 121 cm³/mol. The second-order valence-electron chi connectivity index (χ2n) is 7.65. The van der Waals surface area contributed by atoms with E-state index in [9.17, 15) is 14.4 Å². The number of unbranched alkanes of at least 4 members (excludes halogenated alkanes) is 1. The van der Waals surface area contributed by atoms with Gasteiger partial charge >= 0.3 is 12.1 Å². The Bertz CT molecular complexity index is 956. The van der Waals surface area contributed by atoms with Crippen molar-refractivity contribution in [2.45, 2.75) is 38.1 Å². The maximum Gasteiger partial charge on any atom is 0.407 e. The Balaban J connectivity index is 1.60. The van der Waals surface area contributed by atoms with Crippen molar-refractivity contribution in [3.63, 3.8) is 0 Å². The second-order valence-corrected chi connectivity index (χ2v) is 7.65. The summed E-state index contributed by atoms with van der Waals surface area (Å²) in [4.78, 5) is 35.5. The van der Waals surface area contributed by atoms with E-state index in [1.807, 2.05) is 43.3 Å². The third kappa shape index (κ3) is 5.75. The summed E-state index contributed by atoms with van der Waals surface area (Å²) in [7, 11) is 0. The van der Waals surface area contributed by atoms with Crippen LogP contribution in [0.4, 0.5) is 4.79 Å². The number of ether oxygens (including phenoxy) is 1. The van der Waals surface area contributed by atoms with Gasteiger partial charge in [0.25, 0.3) is 0 Å². The van der Waals surface area contributed by atoms with Gasteiger partial charge in [-0.1, -0.05) is 74.4 Å². The molecule has 32 heavy (non-hydrogen) atoms. The zero-order valence-corrected chi connectivity index (χ0v) is 18.0. The molecule has 1 aliphatic carbocycles. The topological polar surface area (TPSA) is 105 Å². The lowest BCUT2D eigenvalue weighted by Crippen LogP contribution is -2.47. The van der Waals surface area contributed by atoms with Crippen LogP contribution in [0, 0.1) is 0 Å². The van der Waals surface area contributed by atoms with E-state index in [4.69, 9.17) is 9.84 Å². The van der Waals surface area contributed by atoms with Gasteiger partial charge in [-0.3, -0.25) is 4.79 Å². The molecule has 3 rings (SSSR count). The molecule has 2 amide bonds. The SMILES string of the molecule is CCCC[C@H](NC(=O)OCC1c2ccccc2-c2ccccc21)C(=O)NC/C=C/C(=O)O. The van der Waals surface area contributed by atoms with E-state index in [-0.39, 0.29) is 25.0 Å². The van der Waals surface area contributed by atoms with Gasteiger partial charge in [-0.05, 0) is 28.7 Å². The molecule has 1 atom stereocenters. The van der Waals surface area contributed by atoms with Crippen molar-refractivity contribution in [2.75, 3.05) is 13.2 Å². The Morgan fingerprint density at radius 2 is 1.69 bits per heavy atom. The molecule has 2 aromatic carbocycles. The summed E-state index contributed by atoms with van der Waals surface area (Å²) in [6.07, 6.45) is 3.74. The molecule has 0 aliphatic heterocycles. The molecule has 0 unspecified atom stereocenters. The fourth-order valence-corrected chi connectivity index (χ4v) is 3.90. The molecule has 7 heteroatoms. The lowest BCUT2D eigenvalue weighted by Gasteiger charge is -2.19. The van der Waals surface area contributed by atoms with Crippen LogP contribution in [0.15, 0.2) is 60.7 Å². The van der Waals surface area contributed by atoms with Crippen LogP contribution in [0.5, 0.6) is 0 Å². The summed E-state index contributed by atoms with van der Waals surface area (Å²) in [6, 6.07) is 15.4. The number of fused-ring (bicyclic) bond motifs is 3. The number of carboxylic acid groups (broad SMARTS) is 1. The van der Waals surface area contributed by atoms with Crippen LogP contribution in [0.25, 0.3) is 11.1 Å². The van der Waals surface area contributed by atoms with E-state index in [0.717, 1.165) is 41.2 Å². The van der Waals surface area contributed by atoms with Gasteiger partial charge < -0.3 is 20.5 Å². The van der Waals surface area contributed by atoms with Crippen molar-refractivity contribution in [3.8, 4) is 11.1 Å². The summed E-state index contributed by atoms with van der Waals surface area (Å²) >= 11 is 0. The first-order chi connectivity index (χ1) is 15.5. The van der Waals surface area contributed by atoms with Crippen molar-refractivity contribution in [2.24, 2.45) is 0 Å². The van der Waals surface area contributed by atoms with E-state index in [2.05, 4.69) is 22.8 Å². The van der Waals surface area contributed by atoms with Crippen LogP contribution in [-0.2, 0) is 14.3 Å². The molecule has 168 valence electrons. The Morgan fingerprint density at radius 1 is 1.06 bits per heavy atom. The molecule has 1 aliphatic rings. The molecule has 0 radical (unpaired) electrons. The highest BCUT2D eigenvalue weighted by Gasteiger charge is 2.29. The van der Waals surface area contributed by atoms with Gasteiger partial charge in [0.05, 0.1) is 0 Å². The van der Waals surface area contributed by atoms with Crippen molar-refractivity contribution in [3.05, 3.63) is 71.8 Å². The number of nitrogens with one attached hydrogen (secondary N) is 2. The normalized spacial score (nSPS) is 13.3. The van der Waals surface area contributed by atoms with Gasteiger partial charge in [0.1, 0.15) is 12.6 Å². The molecule has 0 spiro atoms. The average Bonchev–Trinajstić information content (AvgIpc) is 3.11. The molecule has 0 saturated heterocycles. The zero-order valence-electron chi connectivity index (χ0n) is 18.0. The summed E-state index contributed by atoms with van der Waals surface area (Å²) in [5.74, 6) is -1.52. The third-order valence-corrected chi connectivity index (χ3v) is 5.45. The number of benzene rings is 2. The van der Waals surface area contributed by atoms with Gasteiger partial charge in [0.2, 0.25) is 5.91 Å². The van der Waals surface area contributed by atoms with Crippen molar-refractivity contribution < 1.29 is 24.2 Å². The summed E-state index contributed by atoms with van der Waals surface area (Å²) in [6.45, 7) is 2.24. The molecule has 0 aromatic heterocycles. The van der Waals surface area contributed by atoms with Crippen LogP contribution < -0.4 is 10.6 Å². The predicted octanol–water partition coefficient (Wildman–Crippen LogP) is 3.84. The fraction of sp³-hybridized carbons (Fsp3) is 0.320. The van der Waals surface area contributed by atoms with E-state index >= 15 is 0 Å². The number of carbonyl (C=O) groups excluding carboxylic acids is 2. The first-order valence-corrected chi connectivity index (χ1v) is 10.8. The molecule has 3 N–H and O–H groups in total. The number of carbonyl (C=O) groups is 3. The fourth-order valence-electron chi connectivity index (χ4n) is 3.90. The Labute approximate surface area is 187 Å². The highest BCUT2D eigenvalue weighted by molar-refractivity contribution is 5.86. The van der Waals surface area contributed by atoms with Gasteiger partial charge in [-0.15, -0.1) is 0 Å². The number of alkyl carbamates (subject to hydrolysis) is 1. The van der Waals surface area contributed by atoms with Crippen LogP contribution in [0.1, 0.15) is 43.2 Å². The Morgan fingerprint density at radius 3 is 2.28 bits per heavy atom. The highest BCUT2D eigenvalue weighted by atomic mass is 16.5. The minimum Gasteiger partial charge on any atom is -0.478 e. The van der Waals surface area contributed by atoms with Gasteiger partial charge in [0.15, 0.2) is 0 Å². The molecule has 0 heterocycles. The standard InChI is InChI=1S/C25H28N2O5/c1-2-3-13-22(24(30)26-15-8-14-23(28)29)27-25(31)32-16-21-19-11-6-4-9-17(19)18-10-5-7-12-20(18)21/h4-12,14,21-22H,2-3,13,15-16H2,1H3,(H,26,30)(H,27,31)(H,28,29)/b14-8+/t22-/m0/s1. The van der Waals surface area contributed by atoms with E-state index in [0.29, 0.717) is 6.42 Å². The van der Waals surface area contributed by atoms with E-state index in [1.54, 1.807) is 0 Å². The highest BCUT2D eigenvalue weighted by Crippen LogP contribution is 2.44. The van der Waals surface area contributed by atoms with E-state index < -0.39 is 18.1 Å². The quantitative estimate of drug-likeness (QED) is 0.491. The van der Waals surface area contributed by atoms with Crippen molar-refractivity contribution in [1.29, 1.82) is 0 Å². The van der Waals surface area contributed by atoms with Gasteiger partial charge in [-0.2, -0.15) is 0 Å². The Hall–Kier alpha value is -3.61. The summed E-state index contributed by atoms with van der Waals surface area (Å²) < 4.78 is 5.54. The number of amides is 2. The Kier molecular flexibility index (Phi) is 8.02. The van der Waals surface area contributed by atoms with Gasteiger partial charge in [-0.25, -0.2) is 9.59 Å². The minimum atomic E-state index is -1.08. The summed E-state index contributed by atoms with van der Waals surface area (Å²) in [5, 5.41) is 13.9. The molecule has 0 saturated carbocycles. The number of hydrogen-bond donors (Lipinski definition) is 3. The smallest absolute Gasteiger partial charge is 0.407 e. The maximum atomic E-state index is 12.5. The second kappa shape index (κ2) is 11.1. The molecule has 0 bridgehead atoms. The number of hydrogen-bond acceptors (Lipinski definition) is 4. The van der Waals surface area contributed by atoms with Crippen LogP contribution in [0.2, 0.25) is 0 Å². The maximum absolute atomic E-state index is 12.5. The number of aliphatic carboxylic acids is 1. The monoisotopic (exact) mass is 436 g/mol.